The van der Waals surface area contributed by atoms with Crippen LogP contribution in [0.3, 0.4) is 0 Å². The number of aliphatic hydroxyl groups is 4. The molecule has 1 unspecified atom stereocenters. The first-order valence-corrected chi connectivity index (χ1v) is 9.74. The third-order valence-electron chi connectivity index (χ3n) is 5.51. The fourth-order valence-corrected chi connectivity index (χ4v) is 3.79. The quantitative estimate of drug-likeness (QED) is 0.313. The van der Waals surface area contributed by atoms with Gasteiger partial charge in [0, 0.05) is 23.8 Å². The Bertz CT molecular complexity index is 1020. The molecular weight excluding hydrogens is 428 g/mol. The summed E-state index contributed by atoms with van der Waals surface area (Å²) in [6.07, 6.45) is -7.38. The number of carbonyl (C=O) groups excluding carboxylic acids is 1. The molecule has 6 atom stereocenters. The average Bonchev–Trinajstić information content (AvgIpc) is 2.74. The molecule has 2 aromatic rings. The van der Waals surface area contributed by atoms with Crippen molar-refractivity contribution >= 4 is 5.78 Å². The summed E-state index contributed by atoms with van der Waals surface area (Å²) in [7, 11) is 0. The summed E-state index contributed by atoms with van der Waals surface area (Å²) in [4.78, 5) is 12.9. The molecule has 7 N–H and O–H groups in total. The van der Waals surface area contributed by atoms with Gasteiger partial charge >= 0.3 is 0 Å². The van der Waals surface area contributed by atoms with Crippen LogP contribution >= 0.6 is 0 Å². The Balaban J connectivity index is 1.55. The number of hydrogen-bond acceptors (Lipinski definition) is 11. The molecule has 2 aliphatic rings. The highest BCUT2D eigenvalue weighted by atomic mass is 16.7. The lowest BCUT2D eigenvalue weighted by atomic mass is 9.88. The molecule has 2 aromatic carbocycles. The zero-order valence-corrected chi connectivity index (χ0v) is 16.5. The van der Waals surface area contributed by atoms with Crippen LogP contribution in [0.1, 0.15) is 21.8 Å². The first-order chi connectivity index (χ1) is 15.2. The number of aliphatic hydroxyl groups excluding tert-OH is 4. The molecule has 0 radical (unpaired) electrons. The Labute approximate surface area is 181 Å². The second-order valence-corrected chi connectivity index (χ2v) is 7.60. The van der Waals surface area contributed by atoms with E-state index in [1.54, 1.807) is 0 Å². The zero-order chi connectivity index (χ0) is 23.2. The minimum Gasteiger partial charge on any atom is -0.508 e. The molecule has 0 amide bonds. The second kappa shape index (κ2) is 8.45. The Morgan fingerprint density at radius 1 is 0.969 bits per heavy atom. The highest BCUT2D eigenvalue weighted by molar-refractivity contribution is 6.06. The number of benzene rings is 2. The van der Waals surface area contributed by atoms with E-state index in [2.05, 4.69) is 0 Å². The van der Waals surface area contributed by atoms with Gasteiger partial charge < -0.3 is 50.0 Å². The largest absolute Gasteiger partial charge is 0.508 e. The van der Waals surface area contributed by atoms with Gasteiger partial charge in [0.25, 0.3) is 0 Å². The van der Waals surface area contributed by atoms with Crippen molar-refractivity contribution < 1.29 is 54.8 Å². The molecule has 11 heteroatoms. The maximum Gasteiger partial charge on any atom is 0.229 e. The van der Waals surface area contributed by atoms with Crippen LogP contribution in [0.5, 0.6) is 28.7 Å². The molecular formula is C21H22O11. The van der Waals surface area contributed by atoms with Crippen molar-refractivity contribution in [2.75, 3.05) is 13.2 Å². The monoisotopic (exact) mass is 450 g/mol. The van der Waals surface area contributed by atoms with Crippen molar-refractivity contribution in [1.82, 2.24) is 0 Å². The molecule has 0 saturated carbocycles. The fourth-order valence-electron chi connectivity index (χ4n) is 3.79. The predicted octanol–water partition coefficient (Wildman–Crippen LogP) is -0.659. The van der Waals surface area contributed by atoms with E-state index in [9.17, 15) is 40.5 Å². The molecule has 2 heterocycles. The maximum absolute atomic E-state index is 12.9. The van der Waals surface area contributed by atoms with Crippen molar-refractivity contribution in [2.24, 2.45) is 0 Å². The van der Waals surface area contributed by atoms with Crippen molar-refractivity contribution in [1.29, 1.82) is 0 Å². The van der Waals surface area contributed by atoms with Gasteiger partial charge in [0.05, 0.1) is 12.5 Å². The molecule has 11 nitrogen and oxygen atoms in total. The molecule has 2 aliphatic heterocycles. The smallest absolute Gasteiger partial charge is 0.229 e. The number of aromatic hydroxyl groups is 3. The van der Waals surface area contributed by atoms with Crippen LogP contribution < -0.4 is 9.47 Å². The SMILES string of the molecule is O=C1c2c(O)cc(O)cc2OCC1c1ccc(O[C@@H]2O[C@H](CO)[C@@H](O)[C@H](O)[C@H]2O)cc1O. The third kappa shape index (κ3) is 3.80. The van der Waals surface area contributed by atoms with Gasteiger partial charge in [0.2, 0.25) is 6.29 Å². The number of ether oxygens (including phenoxy) is 3. The first-order valence-electron chi connectivity index (χ1n) is 9.74. The fraction of sp³-hybridized carbons (Fsp3) is 0.381. The lowest BCUT2D eigenvalue weighted by Crippen LogP contribution is -2.60. The Kier molecular flexibility index (Phi) is 5.84. The zero-order valence-electron chi connectivity index (χ0n) is 16.5. The first kappa shape index (κ1) is 22.1. The van der Waals surface area contributed by atoms with Crippen molar-refractivity contribution in [3.63, 3.8) is 0 Å². The van der Waals surface area contributed by atoms with Gasteiger partial charge in [0.1, 0.15) is 65.3 Å². The van der Waals surface area contributed by atoms with E-state index < -0.39 is 54.8 Å². The topological polar surface area (TPSA) is 186 Å². The molecule has 0 spiro atoms. The van der Waals surface area contributed by atoms with Crippen LogP contribution in [0.25, 0.3) is 0 Å². The number of ketones is 1. The van der Waals surface area contributed by atoms with Gasteiger partial charge in [-0.2, -0.15) is 0 Å². The molecule has 0 aromatic heterocycles. The predicted molar refractivity (Wildman–Crippen MR) is 105 cm³/mol. The number of Topliss-reactive ketones (excluding diaryl/α,β-unsaturated/α-hetero) is 1. The summed E-state index contributed by atoms with van der Waals surface area (Å²) in [6.45, 7) is -0.764. The molecule has 1 fully saturated rings. The van der Waals surface area contributed by atoms with E-state index in [-0.39, 0.29) is 40.7 Å². The van der Waals surface area contributed by atoms with Crippen LogP contribution in [0, 0.1) is 0 Å². The number of phenolic OH excluding ortho intramolecular Hbond substituents is 3. The summed E-state index contributed by atoms with van der Waals surface area (Å²) >= 11 is 0. The standard InChI is InChI=1S/C21H22O11/c22-6-15-18(27)19(28)20(29)21(32-15)31-9-1-2-10(12(24)5-9)11-7-30-14-4-8(23)3-13(25)16(14)17(11)26/h1-5,11,15,18-25,27-29H,6-7H2/t11?,15-,18-,19+,20-,21-/m1/s1. The number of rotatable bonds is 4. The highest BCUT2D eigenvalue weighted by Gasteiger charge is 2.45. The lowest BCUT2D eigenvalue weighted by Gasteiger charge is -2.39. The van der Waals surface area contributed by atoms with Crippen LogP contribution in [0.2, 0.25) is 0 Å². The summed E-state index contributed by atoms with van der Waals surface area (Å²) in [5, 5.41) is 69.1. The van der Waals surface area contributed by atoms with E-state index in [1.807, 2.05) is 0 Å². The van der Waals surface area contributed by atoms with Crippen molar-refractivity contribution in [3.8, 4) is 28.7 Å². The van der Waals surface area contributed by atoms with Crippen molar-refractivity contribution in [3.05, 3.63) is 41.5 Å². The normalized spacial score (nSPS) is 29.8. The van der Waals surface area contributed by atoms with E-state index >= 15 is 0 Å². The molecule has 1 saturated heterocycles. The third-order valence-corrected chi connectivity index (χ3v) is 5.51. The average molecular weight is 450 g/mol. The van der Waals surface area contributed by atoms with Crippen LogP contribution in [-0.4, -0.2) is 85.4 Å². The lowest BCUT2D eigenvalue weighted by molar-refractivity contribution is -0.277. The minimum absolute atomic E-state index is 0.0212. The molecule has 172 valence electrons. The molecule has 4 rings (SSSR count). The van der Waals surface area contributed by atoms with Gasteiger partial charge in [-0.3, -0.25) is 4.79 Å². The van der Waals surface area contributed by atoms with E-state index in [1.165, 1.54) is 18.2 Å². The molecule has 32 heavy (non-hydrogen) atoms. The summed E-state index contributed by atoms with van der Waals surface area (Å²) in [5.41, 5.74) is 0.0781. The van der Waals surface area contributed by atoms with Gasteiger partial charge in [-0.05, 0) is 6.07 Å². The van der Waals surface area contributed by atoms with Gasteiger partial charge in [-0.1, -0.05) is 6.07 Å². The highest BCUT2D eigenvalue weighted by Crippen LogP contribution is 2.42. The minimum atomic E-state index is -1.63. The number of carbonyl (C=O) groups is 1. The Morgan fingerprint density at radius 3 is 2.41 bits per heavy atom. The van der Waals surface area contributed by atoms with E-state index in [0.29, 0.717) is 0 Å². The summed E-state index contributed by atoms with van der Waals surface area (Å²) in [5.74, 6) is -2.45. The van der Waals surface area contributed by atoms with Gasteiger partial charge in [-0.25, -0.2) is 0 Å². The summed E-state index contributed by atoms with van der Waals surface area (Å²) in [6, 6.07) is 6.16. The number of phenols is 3. The number of hydrogen-bond donors (Lipinski definition) is 7. The van der Waals surface area contributed by atoms with Gasteiger partial charge in [-0.15, -0.1) is 0 Å². The maximum atomic E-state index is 12.9. The molecule has 0 bridgehead atoms. The van der Waals surface area contributed by atoms with Crippen LogP contribution in [0.15, 0.2) is 30.3 Å². The number of fused-ring (bicyclic) bond motifs is 1. The van der Waals surface area contributed by atoms with E-state index in [4.69, 9.17) is 14.2 Å². The van der Waals surface area contributed by atoms with E-state index in [0.717, 1.165) is 12.1 Å². The van der Waals surface area contributed by atoms with Crippen LogP contribution in [-0.2, 0) is 4.74 Å². The van der Waals surface area contributed by atoms with Gasteiger partial charge in [0.15, 0.2) is 5.78 Å². The van der Waals surface area contributed by atoms with Crippen LogP contribution in [0.4, 0.5) is 0 Å². The Morgan fingerprint density at radius 2 is 1.72 bits per heavy atom. The second-order valence-electron chi connectivity index (χ2n) is 7.60. The molecule has 0 aliphatic carbocycles. The van der Waals surface area contributed by atoms with Crippen molar-refractivity contribution in [2.45, 2.75) is 36.6 Å². The Hall–Kier alpha value is -3.09. The summed E-state index contributed by atoms with van der Waals surface area (Å²) < 4.78 is 16.2.